The summed E-state index contributed by atoms with van der Waals surface area (Å²) in [5, 5.41) is 9.22. The van der Waals surface area contributed by atoms with Crippen LogP contribution in [0.2, 0.25) is 0 Å². The predicted molar refractivity (Wildman–Crippen MR) is 62.2 cm³/mol. The smallest absolute Gasteiger partial charge is 0.0687 e. The first-order valence-corrected chi connectivity index (χ1v) is 4.81. The highest BCUT2D eigenvalue weighted by atomic mass is 16.3. The fourth-order valence-electron chi connectivity index (χ4n) is 1.54. The lowest BCUT2D eigenvalue weighted by molar-refractivity contribution is 0.281. The molecule has 1 heterocycles. The Labute approximate surface area is 88.5 Å². The van der Waals surface area contributed by atoms with Gasteiger partial charge in [-0.15, -0.1) is 0 Å². The molecule has 3 heteroatoms. The summed E-state index contributed by atoms with van der Waals surface area (Å²) in [6.07, 6.45) is 5.14. The van der Waals surface area contributed by atoms with Crippen LogP contribution in [0.1, 0.15) is 11.1 Å². The number of aliphatic hydroxyl groups is 1. The van der Waals surface area contributed by atoms with Gasteiger partial charge in [0.2, 0.25) is 0 Å². The van der Waals surface area contributed by atoms with Crippen LogP contribution in [0.15, 0.2) is 40.5 Å². The van der Waals surface area contributed by atoms with Gasteiger partial charge in [0.05, 0.1) is 13.2 Å². The lowest BCUT2D eigenvalue weighted by Gasteiger charge is -2.08. The van der Waals surface area contributed by atoms with Gasteiger partial charge < -0.3 is 5.11 Å². The Morgan fingerprint density at radius 1 is 1.20 bits per heavy atom. The lowest BCUT2D eigenvalue weighted by Crippen LogP contribution is -1.95. The number of benzene rings is 1. The van der Waals surface area contributed by atoms with Gasteiger partial charge in [-0.05, 0) is 16.7 Å². The van der Waals surface area contributed by atoms with Crippen LogP contribution in [0.5, 0.6) is 0 Å². The van der Waals surface area contributed by atoms with Gasteiger partial charge in [0.1, 0.15) is 0 Å². The second-order valence-electron chi connectivity index (χ2n) is 3.26. The molecule has 0 aromatic heterocycles. The van der Waals surface area contributed by atoms with E-state index < -0.39 is 0 Å². The monoisotopic (exact) mass is 200 g/mol. The van der Waals surface area contributed by atoms with Gasteiger partial charge in [-0.1, -0.05) is 24.3 Å². The van der Waals surface area contributed by atoms with Crippen molar-refractivity contribution in [2.75, 3.05) is 6.54 Å². The maximum absolute atomic E-state index is 9.22. The maximum atomic E-state index is 9.22. The van der Waals surface area contributed by atoms with Crippen LogP contribution in [-0.2, 0) is 6.61 Å². The van der Waals surface area contributed by atoms with Gasteiger partial charge in [0, 0.05) is 18.6 Å². The second-order valence-corrected chi connectivity index (χ2v) is 3.26. The van der Waals surface area contributed by atoms with Crippen molar-refractivity contribution in [2.24, 2.45) is 9.98 Å². The zero-order valence-corrected chi connectivity index (χ0v) is 8.30. The predicted octanol–water partition coefficient (Wildman–Crippen LogP) is 1.68. The first-order chi connectivity index (χ1) is 7.42. The van der Waals surface area contributed by atoms with Crippen molar-refractivity contribution in [3.8, 4) is 0 Å². The highest BCUT2D eigenvalue weighted by molar-refractivity contribution is 6.16. The van der Waals surface area contributed by atoms with E-state index in [1.807, 2.05) is 24.3 Å². The minimum absolute atomic E-state index is 0.0426. The Hall–Kier alpha value is -1.74. The average molecular weight is 200 g/mol. The van der Waals surface area contributed by atoms with E-state index in [0.717, 1.165) is 16.7 Å². The van der Waals surface area contributed by atoms with Gasteiger partial charge in [0.25, 0.3) is 0 Å². The van der Waals surface area contributed by atoms with E-state index >= 15 is 0 Å². The molecule has 0 unspecified atom stereocenters. The highest BCUT2D eigenvalue weighted by Gasteiger charge is 2.06. The van der Waals surface area contributed by atoms with Crippen molar-refractivity contribution >= 4 is 18.0 Å². The van der Waals surface area contributed by atoms with Crippen LogP contribution in [0.3, 0.4) is 0 Å². The van der Waals surface area contributed by atoms with Crippen molar-refractivity contribution in [2.45, 2.75) is 6.61 Å². The van der Waals surface area contributed by atoms with E-state index in [9.17, 15) is 5.11 Å². The first-order valence-electron chi connectivity index (χ1n) is 4.81. The largest absolute Gasteiger partial charge is 0.392 e. The molecular weight excluding hydrogens is 188 g/mol. The Morgan fingerprint density at radius 3 is 2.93 bits per heavy atom. The fraction of sp³-hybridized carbons (Fsp3) is 0.167. The van der Waals surface area contributed by atoms with Crippen molar-refractivity contribution < 1.29 is 5.11 Å². The Bertz CT molecular complexity index is 433. The molecule has 0 radical (unpaired) electrons. The van der Waals surface area contributed by atoms with Gasteiger partial charge >= 0.3 is 0 Å². The fourth-order valence-corrected chi connectivity index (χ4v) is 1.54. The molecule has 76 valence electrons. The summed E-state index contributed by atoms with van der Waals surface area (Å²) in [5.74, 6) is 0. The van der Waals surface area contributed by atoms with Crippen LogP contribution in [-0.4, -0.2) is 24.1 Å². The number of aliphatic imine (C=N–C) groups is 2. The zero-order valence-electron chi connectivity index (χ0n) is 8.30. The summed E-state index contributed by atoms with van der Waals surface area (Å²) in [7, 11) is 0. The SMILES string of the molecule is OCc1ccccc1C1=CN=CC=NC1. The molecule has 1 N–H and O–H groups in total. The van der Waals surface area contributed by atoms with Crippen LogP contribution in [0, 0.1) is 0 Å². The van der Waals surface area contributed by atoms with Crippen LogP contribution >= 0.6 is 0 Å². The molecule has 2 rings (SSSR count). The number of hydrogen-bond acceptors (Lipinski definition) is 3. The third-order valence-corrected chi connectivity index (χ3v) is 2.28. The van der Waals surface area contributed by atoms with E-state index in [0.29, 0.717) is 6.54 Å². The van der Waals surface area contributed by atoms with E-state index in [1.54, 1.807) is 18.6 Å². The topological polar surface area (TPSA) is 45.0 Å². The summed E-state index contributed by atoms with van der Waals surface area (Å²) in [4.78, 5) is 8.27. The third-order valence-electron chi connectivity index (χ3n) is 2.28. The number of hydrogen-bond donors (Lipinski definition) is 1. The molecule has 0 fully saturated rings. The van der Waals surface area contributed by atoms with E-state index in [2.05, 4.69) is 9.98 Å². The summed E-state index contributed by atoms with van der Waals surface area (Å²) in [5.41, 5.74) is 2.97. The Morgan fingerprint density at radius 2 is 2.07 bits per heavy atom. The molecule has 0 spiro atoms. The summed E-state index contributed by atoms with van der Waals surface area (Å²) >= 11 is 0. The normalized spacial score (nSPS) is 14.9. The first kappa shape index (κ1) is 9.80. The molecule has 15 heavy (non-hydrogen) atoms. The average Bonchev–Trinajstić information content (AvgIpc) is 2.57. The van der Waals surface area contributed by atoms with Gasteiger partial charge in [0.15, 0.2) is 0 Å². The molecular formula is C12H12N2O. The van der Waals surface area contributed by atoms with E-state index in [4.69, 9.17) is 0 Å². The van der Waals surface area contributed by atoms with Gasteiger partial charge in [-0.3, -0.25) is 9.98 Å². The lowest BCUT2D eigenvalue weighted by atomic mass is 10.0. The molecule has 1 aliphatic rings. The molecule has 0 aliphatic carbocycles. The van der Waals surface area contributed by atoms with E-state index in [-0.39, 0.29) is 6.61 Å². The van der Waals surface area contributed by atoms with Crippen molar-refractivity contribution in [3.05, 3.63) is 41.6 Å². The van der Waals surface area contributed by atoms with Crippen molar-refractivity contribution in [1.82, 2.24) is 0 Å². The number of aliphatic hydroxyl groups excluding tert-OH is 1. The molecule has 0 saturated heterocycles. The van der Waals surface area contributed by atoms with Crippen molar-refractivity contribution in [3.63, 3.8) is 0 Å². The van der Waals surface area contributed by atoms with Crippen molar-refractivity contribution in [1.29, 1.82) is 0 Å². The summed E-state index contributed by atoms with van der Waals surface area (Å²) < 4.78 is 0. The third kappa shape index (κ3) is 2.19. The van der Waals surface area contributed by atoms with Crippen LogP contribution in [0.4, 0.5) is 0 Å². The molecule has 0 atom stereocenters. The minimum atomic E-state index is 0.0426. The molecule has 1 aliphatic heterocycles. The van der Waals surface area contributed by atoms with Gasteiger partial charge in [-0.25, -0.2) is 0 Å². The maximum Gasteiger partial charge on any atom is 0.0687 e. The minimum Gasteiger partial charge on any atom is -0.392 e. The molecule has 1 aromatic rings. The number of nitrogens with zero attached hydrogens (tertiary/aromatic N) is 2. The molecule has 0 amide bonds. The van der Waals surface area contributed by atoms with Crippen LogP contribution < -0.4 is 0 Å². The van der Waals surface area contributed by atoms with Gasteiger partial charge in [-0.2, -0.15) is 0 Å². The highest BCUT2D eigenvalue weighted by Crippen LogP contribution is 2.20. The zero-order chi connectivity index (χ0) is 10.5. The van der Waals surface area contributed by atoms with E-state index in [1.165, 1.54) is 0 Å². The standard InChI is InChI=1S/C12H12N2O/c15-9-10-3-1-2-4-12(10)11-7-13-5-6-14-8-11/h1-7,15H,8-9H2. The molecule has 0 saturated carbocycles. The molecule has 1 aromatic carbocycles. The molecule has 3 nitrogen and oxygen atoms in total. The number of rotatable bonds is 2. The quantitative estimate of drug-likeness (QED) is 0.775. The summed E-state index contributed by atoms with van der Waals surface area (Å²) in [6, 6.07) is 7.76. The summed E-state index contributed by atoms with van der Waals surface area (Å²) in [6.45, 7) is 0.651. The second kappa shape index (κ2) is 4.66. The Balaban J connectivity index is 2.40. The molecule has 0 bridgehead atoms. The Kier molecular flexibility index (Phi) is 3.05. The van der Waals surface area contributed by atoms with Crippen LogP contribution in [0.25, 0.3) is 5.57 Å².